The molecule has 0 bridgehead atoms. The highest BCUT2D eigenvalue weighted by Gasteiger charge is 2.12. The lowest BCUT2D eigenvalue weighted by Crippen LogP contribution is -2.19. The Labute approximate surface area is 166 Å². The molecule has 4 rings (SSSR count). The topological polar surface area (TPSA) is 61.4 Å². The molecule has 0 saturated heterocycles. The smallest absolute Gasteiger partial charge is 0.286 e. The minimum absolute atomic E-state index is 0.113. The third-order valence-electron chi connectivity index (χ3n) is 4.35. The number of hydrogen-bond donors (Lipinski definition) is 0. The molecule has 0 radical (unpaired) electrons. The van der Waals surface area contributed by atoms with Crippen molar-refractivity contribution in [3.05, 3.63) is 81.5 Å². The van der Waals surface area contributed by atoms with Gasteiger partial charge in [-0.3, -0.25) is 4.79 Å². The van der Waals surface area contributed by atoms with Crippen LogP contribution in [0.4, 0.5) is 5.69 Å². The monoisotopic (exact) mass is 392 g/mol. The Kier molecular flexibility index (Phi) is 5.08. The molecule has 0 aliphatic rings. The molecule has 4 aromatic rings. The maximum Gasteiger partial charge on any atom is 0.286 e. The van der Waals surface area contributed by atoms with Gasteiger partial charge in [0, 0.05) is 7.05 Å². The van der Waals surface area contributed by atoms with E-state index >= 15 is 0 Å². The summed E-state index contributed by atoms with van der Waals surface area (Å²) in [5, 5.41) is 4.19. The maximum atomic E-state index is 12.6. The maximum absolute atomic E-state index is 12.6. The van der Waals surface area contributed by atoms with Crippen molar-refractivity contribution in [2.45, 2.75) is 13.5 Å². The number of hydrogen-bond acceptors (Lipinski definition) is 5. The standard InChI is InChI=1S/C21H20N4O2S/c1-3-27-17-11-9-16(10-12-17)23-21-25(14-15-7-5-4-6-8-15)18-13-22-24(2)20(26)19(18)28-21/h4-13H,3,14H2,1-2H3. The average Bonchev–Trinajstić information content (AvgIpc) is 3.05. The molecule has 0 unspecified atom stereocenters. The number of thiazole rings is 1. The molecule has 0 aliphatic heterocycles. The normalized spacial score (nSPS) is 11.9. The van der Waals surface area contributed by atoms with E-state index in [2.05, 4.69) is 17.2 Å². The van der Waals surface area contributed by atoms with Crippen molar-refractivity contribution in [1.82, 2.24) is 14.3 Å². The van der Waals surface area contributed by atoms with E-state index in [0.29, 0.717) is 17.9 Å². The van der Waals surface area contributed by atoms with Crippen LogP contribution in [0.15, 0.2) is 70.6 Å². The predicted molar refractivity (Wildman–Crippen MR) is 111 cm³/mol. The first-order valence-electron chi connectivity index (χ1n) is 9.03. The van der Waals surface area contributed by atoms with Gasteiger partial charge in [0.25, 0.3) is 5.56 Å². The fraction of sp³-hybridized carbons (Fsp3) is 0.190. The minimum atomic E-state index is -0.113. The van der Waals surface area contributed by atoms with Gasteiger partial charge in [0.2, 0.25) is 0 Å². The zero-order valence-corrected chi connectivity index (χ0v) is 16.5. The highest BCUT2D eigenvalue weighted by Crippen LogP contribution is 2.19. The summed E-state index contributed by atoms with van der Waals surface area (Å²) >= 11 is 1.38. The van der Waals surface area contributed by atoms with Crippen LogP contribution in [0.5, 0.6) is 5.75 Å². The molecule has 7 heteroatoms. The molecule has 142 valence electrons. The van der Waals surface area contributed by atoms with Crippen molar-refractivity contribution in [3.63, 3.8) is 0 Å². The largest absolute Gasteiger partial charge is 0.494 e. The van der Waals surface area contributed by atoms with Crippen LogP contribution in [0.3, 0.4) is 0 Å². The van der Waals surface area contributed by atoms with Gasteiger partial charge in [0.05, 0.1) is 30.6 Å². The van der Waals surface area contributed by atoms with Crippen LogP contribution in [-0.4, -0.2) is 21.0 Å². The molecule has 2 aromatic heterocycles. The van der Waals surface area contributed by atoms with Gasteiger partial charge >= 0.3 is 0 Å². The van der Waals surface area contributed by atoms with E-state index < -0.39 is 0 Å². The third-order valence-corrected chi connectivity index (χ3v) is 5.43. The molecule has 2 aromatic carbocycles. The Morgan fingerprint density at radius 3 is 2.57 bits per heavy atom. The van der Waals surface area contributed by atoms with E-state index in [9.17, 15) is 4.79 Å². The summed E-state index contributed by atoms with van der Waals surface area (Å²) in [5.41, 5.74) is 2.62. The summed E-state index contributed by atoms with van der Waals surface area (Å²) < 4.78 is 9.54. The Hall–Kier alpha value is -3.19. The second kappa shape index (κ2) is 7.82. The van der Waals surface area contributed by atoms with Gasteiger partial charge in [0.15, 0.2) is 4.80 Å². The predicted octanol–water partition coefficient (Wildman–Crippen LogP) is 3.48. The summed E-state index contributed by atoms with van der Waals surface area (Å²) in [6, 6.07) is 17.8. The SMILES string of the molecule is CCOc1ccc(N=c2sc3c(=O)n(C)ncc3n2Cc2ccccc2)cc1. The van der Waals surface area contributed by atoms with Crippen LogP contribution in [0.1, 0.15) is 12.5 Å². The van der Waals surface area contributed by atoms with Crippen LogP contribution < -0.4 is 15.1 Å². The summed E-state index contributed by atoms with van der Waals surface area (Å²) in [5.74, 6) is 0.813. The molecule has 0 fully saturated rings. The Morgan fingerprint density at radius 2 is 1.86 bits per heavy atom. The zero-order chi connectivity index (χ0) is 19.5. The van der Waals surface area contributed by atoms with Crippen LogP contribution in [-0.2, 0) is 13.6 Å². The van der Waals surface area contributed by atoms with Crippen molar-refractivity contribution in [2.75, 3.05) is 6.61 Å². The molecule has 0 amide bonds. The van der Waals surface area contributed by atoms with Gasteiger partial charge in [-0.15, -0.1) is 0 Å². The van der Waals surface area contributed by atoms with Crippen LogP contribution >= 0.6 is 11.3 Å². The first-order chi connectivity index (χ1) is 13.7. The number of benzene rings is 2. The van der Waals surface area contributed by atoms with Gasteiger partial charge in [-0.25, -0.2) is 9.67 Å². The number of rotatable bonds is 5. The Balaban J connectivity index is 1.87. The molecule has 0 aliphatic carbocycles. The van der Waals surface area contributed by atoms with Crippen LogP contribution in [0, 0.1) is 0 Å². The zero-order valence-electron chi connectivity index (χ0n) is 15.7. The summed E-state index contributed by atoms with van der Waals surface area (Å²) in [6.07, 6.45) is 1.73. The first kappa shape index (κ1) is 18.2. The number of nitrogens with zero attached hydrogens (tertiary/aromatic N) is 4. The molecule has 6 nitrogen and oxygen atoms in total. The number of aromatic nitrogens is 3. The highest BCUT2D eigenvalue weighted by molar-refractivity contribution is 7.16. The van der Waals surface area contributed by atoms with E-state index in [4.69, 9.17) is 9.73 Å². The van der Waals surface area contributed by atoms with Crippen LogP contribution in [0.2, 0.25) is 0 Å². The minimum Gasteiger partial charge on any atom is -0.494 e. The van der Waals surface area contributed by atoms with E-state index in [1.165, 1.54) is 16.0 Å². The fourth-order valence-electron chi connectivity index (χ4n) is 2.94. The summed E-state index contributed by atoms with van der Waals surface area (Å²) in [7, 11) is 1.66. The molecule has 0 saturated carbocycles. The Morgan fingerprint density at radius 1 is 1.11 bits per heavy atom. The van der Waals surface area contributed by atoms with E-state index in [1.807, 2.05) is 54.0 Å². The molecular formula is C21H20N4O2S. The summed E-state index contributed by atoms with van der Waals surface area (Å²) in [4.78, 5) is 18.1. The molecule has 2 heterocycles. The molecular weight excluding hydrogens is 372 g/mol. The van der Waals surface area contributed by atoms with Crippen LogP contribution in [0.25, 0.3) is 10.2 Å². The Bertz CT molecular complexity index is 1220. The number of fused-ring (bicyclic) bond motifs is 1. The lowest BCUT2D eigenvalue weighted by atomic mass is 10.2. The van der Waals surface area contributed by atoms with E-state index in [-0.39, 0.29) is 5.56 Å². The average molecular weight is 392 g/mol. The van der Waals surface area contributed by atoms with Crippen molar-refractivity contribution in [2.24, 2.45) is 12.0 Å². The second-order valence-electron chi connectivity index (χ2n) is 6.28. The highest BCUT2D eigenvalue weighted by atomic mass is 32.1. The molecule has 0 N–H and O–H groups in total. The van der Waals surface area contributed by atoms with Gasteiger partial charge in [-0.2, -0.15) is 5.10 Å². The quantitative estimate of drug-likeness (QED) is 0.522. The lowest BCUT2D eigenvalue weighted by molar-refractivity contribution is 0.340. The van der Waals surface area contributed by atoms with Crippen molar-refractivity contribution in [3.8, 4) is 5.75 Å². The lowest BCUT2D eigenvalue weighted by Gasteiger charge is -2.06. The van der Waals surface area contributed by atoms with E-state index in [0.717, 1.165) is 27.3 Å². The molecule has 0 atom stereocenters. The fourth-order valence-corrected chi connectivity index (χ4v) is 4.04. The number of aryl methyl sites for hydroxylation is 1. The van der Waals surface area contributed by atoms with Crippen molar-refractivity contribution < 1.29 is 4.74 Å². The van der Waals surface area contributed by atoms with Gasteiger partial charge in [0.1, 0.15) is 10.4 Å². The van der Waals surface area contributed by atoms with Gasteiger partial charge < -0.3 is 9.30 Å². The van der Waals surface area contributed by atoms with Gasteiger partial charge in [-0.1, -0.05) is 41.7 Å². The first-order valence-corrected chi connectivity index (χ1v) is 9.84. The van der Waals surface area contributed by atoms with Crippen molar-refractivity contribution in [1.29, 1.82) is 0 Å². The summed E-state index contributed by atoms with van der Waals surface area (Å²) in [6.45, 7) is 3.20. The molecule has 28 heavy (non-hydrogen) atoms. The molecule has 0 spiro atoms. The number of ether oxygens (including phenoxy) is 1. The van der Waals surface area contributed by atoms with Crippen molar-refractivity contribution >= 4 is 27.2 Å². The third kappa shape index (κ3) is 3.61. The second-order valence-corrected chi connectivity index (χ2v) is 7.26. The van der Waals surface area contributed by atoms with E-state index in [1.54, 1.807) is 13.2 Å². The van der Waals surface area contributed by atoms with Gasteiger partial charge in [-0.05, 0) is 36.8 Å².